The summed E-state index contributed by atoms with van der Waals surface area (Å²) in [4.78, 5) is 40.8. The smallest absolute Gasteiger partial charge is 0.309 e. The molecule has 0 saturated carbocycles. The van der Waals surface area contributed by atoms with Gasteiger partial charge in [-0.3, -0.25) is 9.59 Å². The lowest BCUT2D eigenvalue weighted by molar-refractivity contribution is -0.167. The number of hydrogen-bond donors (Lipinski definition) is 0. The Bertz CT molecular complexity index is 991. The standard InChI is InChI=1S/C23H32N4O4S/c1-13-10-27(11-14(2)30-13)22(28)16(4)31-23(29)18-6-8-26(9-7-18)20-19-15(3)17(5)32-21(19)25-12-24-20/h12-14,16,18H,6-11H2,1-5H3. The quantitative estimate of drug-likeness (QED) is 0.648. The van der Waals surface area contributed by atoms with Crippen LogP contribution in [0.3, 0.4) is 0 Å². The van der Waals surface area contributed by atoms with Gasteiger partial charge in [0.15, 0.2) is 6.10 Å². The molecule has 2 fully saturated rings. The molecule has 1 amide bonds. The van der Waals surface area contributed by atoms with Gasteiger partial charge in [0.1, 0.15) is 17.0 Å². The van der Waals surface area contributed by atoms with Crippen LogP contribution in [0.25, 0.3) is 10.2 Å². The fraction of sp³-hybridized carbons (Fsp3) is 0.652. The summed E-state index contributed by atoms with van der Waals surface area (Å²) < 4.78 is 11.3. The Hall–Kier alpha value is -2.26. The second-order valence-corrected chi connectivity index (χ2v) is 10.2. The topological polar surface area (TPSA) is 84.9 Å². The summed E-state index contributed by atoms with van der Waals surface area (Å²) in [5, 5.41) is 1.12. The van der Waals surface area contributed by atoms with Crippen LogP contribution in [0, 0.1) is 19.8 Å². The Morgan fingerprint density at radius 2 is 1.81 bits per heavy atom. The summed E-state index contributed by atoms with van der Waals surface area (Å²) in [6.07, 6.45) is 2.17. The molecule has 8 nitrogen and oxygen atoms in total. The molecule has 174 valence electrons. The van der Waals surface area contributed by atoms with Gasteiger partial charge in [-0.2, -0.15) is 0 Å². The van der Waals surface area contributed by atoms with Gasteiger partial charge in [-0.1, -0.05) is 0 Å². The lowest BCUT2D eigenvalue weighted by Crippen LogP contribution is -2.51. The number of esters is 1. The minimum atomic E-state index is -0.782. The van der Waals surface area contributed by atoms with Gasteiger partial charge in [0.05, 0.1) is 23.5 Å². The number of carbonyl (C=O) groups is 2. The Balaban J connectivity index is 1.34. The Labute approximate surface area is 192 Å². The molecule has 0 radical (unpaired) electrons. The van der Waals surface area contributed by atoms with Crippen LogP contribution in [0.15, 0.2) is 6.33 Å². The summed E-state index contributed by atoms with van der Waals surface area (Å²) >= 11 is 1.69. The number of piperidine rings is 1. The van der Waals surface area contributed by atoms with E-state index in [2.05, 4.69) is 28.7 Å². The number of aryl methyl sites for hydroxylation is 2. The van der Waals surface area contributed by atoms with E-state index in [0.29, 0.717) is 25.9 Å². The molecule has 2 saturated heterocycles. The highest BCUT2D eigenvalue weighted by Crippen LogP contribution is 2.35. The van der Waals surface area contributed by atoms with Gasteiger partial charge >= 0.3 is 5.97 Å². The van der Waals surface area contributed by atoms with E-state index in [1.54, 1.807) is 29.5 Å². The van der Waals surface area contributed by atoms with Gasteiger partial charge in [0, 0.05) is 31.1 Å². The number of hydrogen-bond acceptors (Lipinski definition) is 8. The first kappa shape index (κ1) is 22.9. The zero-order chi connectivity index (χ0) is 23.0. The molecule has 2 aliphatic rings. The predicted octanol–water partition coefficient (Wildman–Crippen LogP) is 3.09. The van der Waals surface area contributed by atoms with Crippen molar-refractivity contribution in [3.05, 3.63) is 16.8 Å². The second kappa shape index (κ2) is 9.31. The molecule has 0 N–H and O–H groups in total. The van der Waals surface area contributed by atoms with Gasteiger partial charge in [-0.15, -0.1) is 11.3 Å². The van der Waals surface area contributed by atoms with Crippen LogP contribution in [0.4, 0.5) is 5.82 Å². The molecule has 4 heterocycles. The highest BCUT2D eigenvalue weighted by molar-refractivity contribution is 7.18. The van der Waals surface area contributed by atoms with Crippen molar-refractivity contribution < 1.29 is 19.1 Å². The van der Waals surface area contributed by atoms with E-state index in [1.165, 1.54) is 10.4 Å². The molecule has 2 aromatic heterocycles. The van der Waals surface area contributed by atoms with Crippen molar-refractivity contribution in [2.45, 2.75) is 65.8 Å². The first-order valence-electron chi connectivity index (χ1n) is 11.3. The maximum Gasteiger partial charge on any atom is 0.309 e. The molecule has 2 aromatic rings. The normalized spacial score (nSPS) is 23.4. The third-order valence-electron chi connectivity index (χ3n) is 6.45. The van der Waals surface area contributed by atoms with Crippen molar-refractivity contribution in [3.8, 4) is 0 Å². The zero-order valence-electron chi connectivity index (χ0n) is 19.5. The molecule has 32 heavy (non-hydrogen) atoms. The van der Waals surface area contributed by atoms with Crippen LogP contribution in [0.5, 0.6) is 0 Å². The van der Waals surface area contributed by atoms with Gasteiger partial charge < -0.3 is 19.3 Å². The monoisotopic (exact) mass is 460 g/mol. The Morgan fingerprint density at radius 3 is 2.47 bits per heavy atom. The lowest BCUT2D eigenvalue weighted by atomic mass is 9.96. The third kappa shape index (κ3) is 4.59. The van der Waals surface area contributed by atoms with Crippen molar-refractivity contribution in [2.75, 3.05) is 31.1 Å². The number of rotatable bonds is 4. The van der Waals surface area contributed by atoms with Crippen LogP contribution in [0.2, 0.25) is 0 Å². The van der Waals surface area contributed by atoms with Crippen LogP contribution >= 0.6 is 11.3 Å². The van der Waals surface area contributed by atoms with Crippen LogP contribution in [-0.2, 0) is 19.1 Å². The van der Waals surface area contributed by atoms with Crippen molar-refractivity contribution in [1.29, 1.82) is 0 Å². The average Bonchev–Trinajstić information content (AvgIpc) is 3.06. The molecular weight excluding hydrogens is 428 g/mol. The number of amides is 1. The van der Waals surface area contributed by atoms with Gasteiger partial charge in [-0.25, -0.2) is 9.97 Å². The molecule has 4 rings (SSSR count). The van der Waals surface area contributed by atoms with E-state index in [1.807, 2.05) is 13.8 Å². The molecule has 9 heteroatoms. The summed E-state index contributed by atoms with van der Waals surface area (Å²) in [6, 6.07) is 0. The number of aromatic nitrogens is 2. The number of fused-ring (bicyclic) bond motifs is 1. The van der Waals surface area contributed by atoms with E-state index in [-0.39, 0.29) is 30.0 Å². The SMILES string of the molecule is Cc1sc2ncnc(N3CCC(C(=O)OC(C)C(=O)N4CC(C)OC(C)C4)CC3)c2c1C. The molecule has 2 aliphatic heterocycles. The first-order chi connectivity index (χ1) is 15.2. The molecular formula is C23H32N4O4S. The van der Waals surface area contributed by atoms with E-state index in [0.717, 1.165) is 29.1 Å². The van der Waals surface area contributed by atoms with Gasteiger partial charge in [0.2, 0.25) is 0 Å². The number of thiophene rings is 1. The highest BCUT2D eigenvalue weighted by Gasteiger charge is 2.33. The van der Waals surface area contributed by atoms with Crippen LogP contribution in [0.1, 0.15) is 44.1 Å². The van der Waals surface area contributed by atoms with Crippen LogP contribution < -0.4 is 4.90 Å². The molecule has 0 spiro atoms. The molecule has 0 aromatic carbocycles. The summed E-state index contributed by atoms with van der Waals surface area (Å²) in [6.45, 7) is 12.3. The lowest BCUT2D eigenvalue weighted by Gasteiger charge is -2.36. The highest BCUT2D eigenvalue weighted by atomic mass is 32.1. The molecule has 3 atom stereocenters. The maximum atomic E-state index is 12.8. The van der Waals surface area contributed by atoms with E-state index < -0.39 is 6.10 Å². The molecule has 0 bridgehead atoms. The fourth-order valence-electron chi connectivity index (χ4n) is 4.67. The third-order valence-corrected chi connectivity index (χ3v) is 7.56. The number of morpholine rings is 1. The van der Waals surface area contributed by atoms with Crippen LogP contribution in [-0.4, -0.2) is 71.2 Å². The van der Waals surface area contributed by atoms with E-state index in [9.17, 15) is 9.59 Å². The summed E-state index contributed by atoms with van der Waals surface area (Å²) in [7, 11) is 0. The van der Waals surface area contributed by atoms with E-state index >= 15 is 0 Å². The van der Waals surface area contributed by atoms with Crippen molar-refractivity contribution in [3.63, 3.8) is 0 Å². The van der Waals surface area contributed by atoms with Crippen molar-refractivity contribution in [2.24, 2.45) is 5.92 Å². The van der Waals surface area contributed by atoms with Gasteiger partial charge in [0.25, 0.3) is 5.91 Å². The Kier molecular flexibility index (Phi) is 6.67. The zero-order valence-corrected chi connectivity index (χ0v) is 20.3. The maximum absolute atomic E-state index is 12.8. The largest absolute Gasteiger partial charge is 0.452 e. The Morgan fingerprint density at radius 1 is 1.16 bits per heavy atom. The summed E-state index contributed by atoms with van der Waals surface area (Å²) in [5.74, 6) is 0.314. The summed E-state index contributed by atoms with van der Waals surface area (Å²) in [5.41, 5.74) is 1.22. The van der Waals surface area contributed by atoms with Crippen molar-refractivity contribution >= 4 is 39.2 Å². The number of ether oxygens (including phenoxy) is 2. The van der Waals surface area contributed by atoms with E-state index in [4.69, 9.17) is 9.47 Å². The average molecular weight is 461 g/mol. The van der Waals surface area contributed by atoms with Crippen molar-refractivity contribution in [1.82, 2.24) is 14.9 Å². The first-order valence-corrected chi connectivity index (χ1v) is 12.2. The predicted molar refractivity (Wildman–Crippen MR) is 124 cm³/mol. The minimum Gasteiger partial charge on any atom is -0.452 e. The minimum absolute atomic E-state index is 0.0150. The van der Waals surface area contributed by atoms with Gasteiger partial charge in [-0.05, 0) is 53.0 Å². The number of nitrogens with zero attached hydrogens (tertiary/aromatic N) is 4. The second-order valence-electron chi connectivity index (χ2n) is 9.00. The fourth-order valence-corrected chi connectivity index (χ4v) is 5.66. The molecule has 0 aliphatic carbocycles. The number of carbonyl (C=O) groups excluding carboxylic acids is 2. The molecule has 3 unspecified atom stereocenters. The number of anilines is 1.